The molecule has 29 heavy (non-hydrogen) atoms. The summed E-state index contributed by atoms with van der Waals surface area (Å²) in [5.41, 5.74) is 7.59. The van der Waals surface area contributed by atoms with Crippen molar-refractivity contribution in [3.8, 4) is 11.5 Å². The summed E-state index contributed by atoms with van der Waals surface area (Å²) in [6.07, 6.45) is 0. The molecule has 5 heteroatoms. The second-order valence-electron chi connectivity index (χ2n) is 7.48. The van der Waals surface area contributed by atoms with Gasteiger partial charge in [-0.2, -0.15) is 0 Å². The van der Waals surface area contributed by atoms with E-state index in [0.29, 0.717) is 0 Å². The van der Waals surface area contributed by atoms with Gasteiger partial charge in [-0.15, -0.1) is 0 Å². The third-order valence-electron chi connectivity index (χ3n) is 6.07. The number of anilines is 2. The van der Waals surface area contributed by atoms with Gasteiger partial charge < -0.3 is 14.5 Å². The standard InChI is InChI=1S/C24H34N4O/c1-7-27(8-2)18-11-13-20-22(15-18)29-23-16-19(28(9-3)10-4)12-14-21(23)24(20,26-25)17(5)6/h11-16,26H,5,7-10,25H2,1-4,6H3. The molecule has 0 spiro atoms. The zero-order chi connectivity index (χ0) is 21.2. The third kappa shape index (κ3) is 3.38. The molecule has 3 rings (SSSR count). The smallest absolute Gasteiger partial charge is 0.135 e. The van der Waals surface area contributed by atoms with E-state index in [0.717, 1.165) is 65.8 Å². The number of fused-ring (bicyclic) bond motifs is 2. The van der Waals surface area contributed by atoms with Crippen molar-refractivity contribution < 1.29 is 4.74 Å². The van der Waals surface area contributed by atoms with Crippen molar-refractivity contribution in [2.75, 3.05) is 36.0 Å². The molecule has 0 aliphatic carbocycles. The van der Waals surface area contributed by atoms with Gasteiger partial charge >= 0.3 is 0 Å². The van der Waals surface area contributed by atoms with Crippen LogP contribution in [0.2, 0.25) is 0 Å². The number of hydrazine groups is 1. The van der Waals surface area contributed by atoms with Gasteiger partial charge in [0.05, 0.1) is 0 Å². The molecule has 0 amide bonds. The van der Waals surface area contributed by atoms with Crippen LogP contribution in [0.3, 0.4) is 0 Å². The lowest BCUT2D eigenvalue weighted by molar-refractivity contribution is 0.378. The predicted molar refractivity (Wildman–Crippen MR) is 123 cm³/mol. The van der Waals surface area contributed by atoms with E-state index in [1.165, 1.54) is 0 Å². The van der Waals surface area contributed by atoms with E-state index in [1.807, 2.05) is 6.92 Å². The van der Waals surface area contributed by atoms with Gasteiger partial charge in [0.2, 0.25) is 0 Å². The number of nitrogens with zero attached hydrogens (tertiary/aromatic N) is 2. The Bertz CT molecular complexity index is 823. The van der Waals surface area contributed by atoms with Crippen molar-refractivity contribution in [1.82, 2.24) is 5.43 Å². The fourth-order valence-electron chi connectivity index (χ4n) is 4.38. The summed E-state index contributed by atoms with van der Waals surface area (Å²) >= 11 is 0. The molecule has 1 heterocycles. The first kappa shape index (κ1) is 21.2. The second-order valence-corrected chi connectivity index (χ2v) is 7.48. The van der Waals surface area contributed by atoms with Crippen LogP contribution in [0.4, 0.5) is 11.4 Å². The maximum absolute atomic E-state index is 6.45. The minimum atomic E-state index is -0.688. The maximum atomic E-state index is 6.45. The summed E-state index contributed by atoms with van der Waals surface area (Å²) in [5.74, 6) is 7.82. The Morgan fingerprint density at radius 3 is 1.62 bits per heavy atom. The van der Waals surface area contributed by atoms with E-state index in [4.69, 9.17) is 10.6 Å². The second kappa shape index (κ2) is 8.47. The number of nitrogens with two attached hydrogens (primary N) is 1. The van der Waals surface area contributed by atoms with Crippen molar-refractivity contribution in [2.24, 2.45) is 5.84 Å². The Morgan fingerprint density at radius 2 is 1.31 bits per heavy atom. The molecular weight excluding hydrogens is 360 g/mol. The number of rotatable bonds is 8. The fourth-order valence-corrected chi connectivity index (χ4v) is 4.38. The molecule has 156 valence electrons. The van der Waals surface area contributed by atoms with Crippen LogP contribution in [0.1, 0.15) is 45.7 Å². The minimum absolute atomic E-state index is 0.688. The number of ether oxygens (including phenoxy) is 1. The predicted octanol–water partition coefficient (Wildman–Crippen LogP) is 4.77. The van der Waals surface area contributed by atoms with Gasteiger partial charge in [-0.3, -0.25) is 5.84 Å². The van der Waals surface area contributed by atoms with Gasteiger partial charge in [-0.25, -0.2) is 5.43 Å². The van der Waals surface area contributed by atoms with Crippen molar-refractivity contribution in [3.63, 3.8) is 0 Å². The van der Waals surface area contributed by atoms with Gasteiger partial charge in [0.1, 0.15) is 17.0 Å². The summed E-state index contributed by atoms with van der Waals surface area (Å²) in [6, 6.07) is 12.7. The van der Waals surface area contributed by atoms with E-state index in [9.17, 15) is 0 Å². The van der Waals surface area contributed by atoms with E-state index in [-0.39, 0.29) is 0 Å². The first-order valence-corrected chi connectivity index (χ1v) is 10.6. The molecule has 1 aliphatic rings. The van der Waals surface area contributed by atoms with Crippen LogP contribution >= 0.6 is 0 Å². The Balaban J connectivity index is 2.21. The number of benzene rings is 2. The highest BCUT2D eigenvalue weighted by atomic mass is 16.5. The van der Waals surface area contributed by atoms with Gasteiger partial charge in [0.25, 0.3) is 0 Å². The first-order chi connectivity index (χ1) is 14.0. The van der Waals surface area contributed by atoms with Crippen molar-refractivity contribution >= 4 is 11.4 Å². The zero-order valence-corrected chi connectivity index (χ0v) is 18.4. The lowest BCUT2D eigenvalue weighted by Crippen LogP contribution is -2.50. The maximum Gasteiger partial charge on any atom is 0.135 e. The van der Waals surface area contributed by atoms with Gasteiger partial charge in [0.15, 0.2) is 0 Å². The van der Waals surface area contributed by atoms with Crippen LogP contribution in [0, 0.1) is 0 Å². The normalized spacial score (nSPS) is 13.9. The van der Waals surface area contributed by atoms with E-state index >= 15 is 0 Å². The Hall–Kier alpha value is -2.50. The summed E-state index contributed by atoms with van der Waals surface area (Å²) < 4.78 is 6.45. The number of hydrogen-bond donors (Lipinski definition) is 2. The number of hydrogen-bond acceptors (Lipinski definition) is 5. The van der Waals surface area contributed by atoms with Crippen molar-refractivity contribution in [1.29, 1.82) is 0 Å². The summed E-state index contributed by atoms with van der Waals surface area (Å²) in [6.45, 7) is 18.7. The fraction of sp³-hybridized carbons (Fsp3) is 0.417. The van der Waals surface area contributed by atoms with Crippen LogP contribution < -0.4 is 25.8 Å². The third-order valence-corrected chi connectivity index (χ3v) is 6.07. The van der Waals surface area contributed by atoms with E-state index in [2.05, 4.69) is 85.9 Å². The molecule has 0 unspecified atom stereocenters. The van der Waals surface area contributed by atoms with E-state index < -0.39 is 5.54 Å². The minimum Gasteiger partial charge on any atom is -0.456 e. The Labute approximate surface area is 175 Å². The summed E-state index contributed by atoms with van der Waals surface area (Å²) in [7, 11) is 0. The highest BCUT2D eigenvalue weighted by Crippen LogP contribution is 2.51. The largest absolute Gasteiger partial charge is 0.456 e. The first-order valence-electron chi connectivity index (χ1n) is 10.6. The molecule has 1 aliphatic heterocycles. The molecule has 0 aromatic heterocycles. The average Bonchev–Trinajstić information content (AvgIpc) is 2.73. The summed E-state index contributed by atoms with van der Waals surface area (Å²) in [4.78, 5) is 4.62. The quantitative estimate of drug-likeness (QED) is 0.384. The lowest BCUT2D eigenvalue weighted by Gasteiger charge is -2.41. The van der Waals surface area contributed by atoms with Gasteiger partial charge in [-0.05, 0) is 46.8 Å². The zero-order valence-electron chi connectivity index (χ0n) is 18.4. The monoisotopic (exact) mass is 394 g/mol. The van der Waals surface area contributed by atoms with Gasteiger partial charge in [0, 0.05) is 60.8 Å². The molecule has 2 aromatic carbocycles. The van der Waals surface area contributed by atoms with Crippen molar-refractivity contribution in [3.05, 3.63) is 59.7 Å². The molecule has 3 N–H and O–H groups in total. The highest BCUT2D eigenvalue weighted by molar-refractivity contribution is 5.68. The SMILES string of the molecule is C=C(C)C1(NN)c2ccc(N(CC)CC)cc2Oc2cc(N(CC)CC)ccc21. The Morgan fingerprint density at radius 1 is 0.897 bits per heavy atom. The highest BCUT2D eigenvalue weighted by Gasteiger charge is 2.42. The lowest BCUT2D eigenvalue weighted by atomic mass is 9.76. The molecule has 5 nitrogen and oxygen atoms in total. The molecular formula is C24H34N4O. The molecule has 0 saturated heterocycles. The van der Waals surface area contributed by atoms with E-state index in [1.54, 1.807) is 0 Å². The molecule has 0 bridgehead atoms. The van der Waals surface area contributed by atoms with Crippen LogP contribution in [0.5, 0.6) is 11.5 Å². The Kier molecular flexibility index (Phi) is 6.20. The molecule has 0 fully saturated rings. The van der Waals surface area contributed by atoms with Crippen LogP contribution in [0.15, 0.2) is 48.6 Å². The molecule has 2 aromatic rings. The van der Waals surface area contributed by atoms with Crippen molar-refractivity contribution in [2.45, 2.75) is 40.2 Å². The van der Waals surface area contributed by atoms with Gasteiger partial charge in [-0.1, -0.05) is 24.3 Å². The molecule has 0 saturated carbocycles. The molecule has 0 atom stereocenters. The molecule has 0 radical (unpaired) electrons. The van der Waals surface area contributed by atoms with Crippen LogP contribution in [-0.4, -0.2) is 26.2 Å². The summed E-state index contributed by atoms with van der Waals surface area (Å²) in [5, 5.41) is 0. The topological polar surface area (TPSA) is 53.8 Å². The van der Waals surface area contributed by atoms with Crippen LogP contribution in [0.25, 0.3) is 0 Å². The van der Waals surface area contributed by atoms with Crippen LogP contribution in [-0.2, 0) is 5.54 Å². The number of nitrogens with one attached hydrogen (secondary N) is 1. The average molecular weight is 395 g/mol.